The number of ether oxygens (including phenoxy) is 2. The first-order valence-electron chi connectivity index (χ1n) is 8.35. The van der Waals surface area contributed by atoms with Gasteiger partial charge in [0.2, 0.25) is 10.0 Å². The van der Waals surface area contributed by atoms with Crippen molar-refractivity contribution in [3.8, 4) is 5.75 Å². The van der Waals surface area contributed by atoms with E-state index < -0.39 is 10.0 Å². The van der Waals surface area contributed by atoms with E-state index in [1.807, 2.05) is 24.3 Å². The number of methoxy groups -OCH3 is 2. The molecule has 2 rings (SSSR count). The van der Waals surface area contributed by atoms with Crippen molar-refractivity contribution in [2.45, 2.75) is 11.4 Å². The number of carbonyl (C=O) groups excluding carboxylic acids is 1. The van der Waals surface area contributed by atoms with Crippen LogP contribution in [0.2, 0.25) is 0 Å². The van der Waals surface area contributed by atoms with Crippen molar-refractivity contribution in [2.24, 2.45) is 0 Å². The molecule has 0 saturated heterocycles. The summed E-state index contributed by atoms with van der Waals surface area (Å²) in [5, 5.41) is 0. The Kier molecular flexibility index (Phi) is 7.35. The third-order valence-corrected chi connectivity index (χ3v) is 5.43. The van der Waals surface area contributed by atoms with E-state index in [0.717, 1.165) is 5.56 Å². The van der Waals surface area contributed by atoms with Crippen LogP contribution < -0.4 is 9.46 Å². The second-order valence-electron chi connectivity index (χ2n) is 5.89. The predicted molar refractivity (Wildman–Crippen MR) is 102 cm³/mol. The van der Waals surface area contributed by atoms with Gasteiger partial charge in [-0.3, -0.25) is 4.79 Å². The Bertz CT molecular complexity index is 866. The Balaban J connectivity index is 2.08. The Morgan fingerprint density at radius 1 is 1.07 bits per heavy atom. The molecule has 0 radical (unpaired) electrons. The van der Waals surface area contributed by atoms with Crippen molar-refractivity contribution in [1.29, 1.82) is 0 Å². The van der Waals surface area contributed by atoms with Crippen LogP contribution >= 0.6 is 0 Å². The summed E-state index contributed by atoms with van der Waals surface area (Å²) in [6.07, 6.45) is 0. The number of rotatable bonds is 9. The fourth-order valence-corrected chi connectivity index (χ4v) is 3.53. The third-order valence-electron chi connectivity index (χ3n) is 3.96. The highest BCUT2D eigenvalue weighted by Crippen LogP contribution is 2.20. The van der Waals surface area contributed by atoms with E-state index in [0.29, 0.717) is 17.9 Å². The molecular weight excluding hydrogens is 368 g/mol. The lowest BCUT2D eigenvalue weighted by Crippen LogP contribution is -2.28. The molecule has 0 saturated carbocycles. The van der Waals surface area contributed by atoms with Crippen molar-refractivity contribution in [1.82, 2.24) is 9.62 Å². The molecule has 0 bridgehead atoms. The molecule has 0 unspecified atom stereocenters. The molecule has 0 aliphatic rings. The van der Waals surface area contributed by atoms with E-state index in [1.165, 1.54) is 31.4 Å². The first kappa shape index (κ1) is 20.9. The normalized spacial score (nSPS) is 11.2. The standard InChI is InChI=1S/C19H24N2O5S/c1-21(14-16-6-4-5-7-18(16)26-3)19(22)15-8-10-17(11-9-15)27(23,24)20-12-13-25-2/h4-11,20H,12-14H2,1-3H3. The lowest BCUT2D eigenvalue weighted by molar-refractivity contribution is 0.0784. The third kappa shape index (κ3) is 5.53. The van der Waals surface area contributed by atoms with Crippen LogP contribution in [0.25, 0.3) is 0 Å². The van der Waals surface area contributed by atoms with Crippen LogP contribution in [0, 0.1) is 0 Å². The summed E-state index contributed by atoms with van der Waals surface area (Å²) >= 11 is 0. The van der Waals surface area contributed by atoms with E-state index >= 15 is 0 Å². The number of hydrogen-bond donors (Lipinski definition) is 1. The molecule has 146 valence electrons. The highest BCUT2D eigenvalue weighted by atomic mass is 32.2. The molecule has 0 spiro atoms. The molecule has 0 aliphatic heterocycles. The van der Waals surface area contributed by atoms with Gasteiger partial charge < -0.3 is 14.4 Å². The molecule has 1 amide bonds. The van der Waals surface area contributed by atoms with Gasteiger partial charge in [-0.1, -0.05) is 18.2 Å². The molecule has 0 aromatic heterocycles. The van der Waals surface area contributed by atoms with Crippen molar-refractivity contribution < 1.29 is 22.7 Å². The maximum atomic E-state index is 12.6. The van der Waals surface area contributed by atoms with E-state index in [9.17, 15) is 13.2 Å². The lowest BCUT2D eigenvalue weighted by Gasteiger charge is -2.19. The zero-order valence-corrected chi connectivity index (χ0v) is 16.5. The molecule has 7 nitrogen and oxygen atoms in total. The lowest BCUT2D eigenvalue weighted by atomic mass is 10.1. The van der Waals surface area contributed by atoms with Gasteiger partial charge in [-0.15, -0.1) is 0 Å². The van der Waals surface area contributed by atoms with Crippen molar-refractivity contribution in [2.75, 3.05) is 34.4 Å². The molecule has 1 N–H and O–H groups in total. The zero-order chi connectivity index (χ0) is 19.9. The van der Waals surface area contributed by atoms with Gasteiger partial charge in [-0.05, 0) is 30.3 Å². The minimum atomic E-state index is -3.62. The molecule has 2 aromatic rings. The average Bonchev–Trinajstić information content (AvgIpc) is 2.68. The second kappa shape index (κ2) is 9.50. The summed E-state index contributed by atoms with van der Waals surface area (Å²) in [6, 6.07) is 13.3. The van der Waals surface area contributed by atoms with Gasteiger partial charge in [0.15, 0.2) is 0 Å². The molecule has 27 heavy (non-hydrogen) atoms. The van der Waals surface area contributed by atoms with Gasteiger partial charge in [0, 0.05) is 38.4 Å². The summed E-state index contributed by atoms with van der Waals surface area (Å²) in [5.41, 5.74) is 1.29. The minimum Gasteiger partial charge on any atom is -0.496 e. The zero-order valence-electron chi connectivity index (χ0n) is 15.6. The highest BCUT2D eigenvalue weighted by Gasteiger charge is 2.17. The first-order chi connectivity index (χ1) is 12.9. The van der Waals surface area contributed by atoms with E-state index in [4.69, 9.17) is 9.47 Å². The van der Waals surface area contributed by atoms with E-state index in [2.05, 4.69) is 4.72 Å². The van der Waals surface area contributed by atoms with Gasteiger partial charge in [0.25, 0.3) is 5.91 Å². The summed E-state index contributed by atoms with van der Waals surface area (Å²) < 4.78 is 36.9. The quantitative estimate of drug-likeness (QED) is 0.659. The van der Waals surface area contributed by atoms with Crippen LogP contribution in [0.3, 0.4) is 0 Å². The van der Waals surface area contributed by atoms with Gasteiger partial charge in [0.05, 0.1) is 18.6 Å². The summed E-state index contributed by atoms with van der Waals surface area (Å²) in [7, 11) is 1.14. The molecule has 0 aliphatic carbocycles. The molecule has 2 aromatic carbocycles. The minimum absolute atomic E-state index is 0.0996. The number of nitrogens with one attached hydrogen (secondary N) is 1. The van der Waals surface area contributed by atoms with Crippen molar-refractivity contribution >= 4 is 15.9 Å². The number of carbonyl (C=O) groups is 1. The Labute approximate surface area is 160 Å². The molecule has 0 heterocycles. The van der Waals surface area contributed by atoms with E-state index in [-0.39, 0.29) is 24.0 Å². The summed E-state index contributed by atoms with van der Waals surface area (Å²) in [5.74, 6) is 0.498. The number of amides is 1. The van der Waals surface area contributed by atoms with Gasteiger partial charge in [0.1, 0.15) is 5.75 Å². The van der Waals surface area contributed by atoms with E-state index in [1.54, 1.807) is 19.1 Å². The fourth-order valence-electron chi connectivity index (χ4n) is 2.52. The van der Waals surface area contributed by atoms with Crippen LogP contribution in [0.5, 0.6) is 5.75 Å². The largest absolute Gasteiger partial charge is 0.496 e. The molecule has 8 heteroatoms. The Morgan fingerprint density at radius 2 is 1.74 bits per heavy atom. The van der Waals surface area contributed by atoms with Gasteiger partial charge in [-0.25, -0.2) is 13.1 Å². The number of benzene rings is 2. The van der Waals surface area contributed by atoms with Crippen LogP contribution in [0.15, 0.2) is 53.4 Å². The van der Waals surface area contributed by atoms with Crippen LogP contribution in [-0.2, 0) is 21.3 Å². The summed E-state index contributed by atoms with van der Waals surface area (Å²) in [6.45, 7) is 0.839. The van der Waals surface area contributed by atoms with Crippen LogP contribution in [0.4, 0.5) is 0 Å². The smallest absolute Gasteiger partial charge is 0.253 e. The van der Waals surface area contributed by atoms with Crippen LogP contribution in [-0.4, -0.2) is 53.6 Å². The Hall–Kier alpha value is -2.42. The maximum absolute atomic E-state index is 12.6. The summed E-state index contributed by atoms with van der Waals surface area (Å²) in [4.78, 5) is 14.3. The maximum Gasteiger partial charge on any atom is 0.253 e. The topological polar surface area (TPSA) is 84.9 Å². The average molecular weight is 392 g/mol. The fraction of sp³-hybridized carbons (Fsp3) is 0.316. The van der Waals surface area contributed by atoms with Crippen LogP contribution in [0.1, 0.15) is 15.9 Å². The second-order valence-corrected chi connectivity index (χ2v) is 7.65. The van der Waals surface area contributed by atoms with Crippen molar-refractivity contribution in [3.05, 3.63) is 59.7 Å². The SMILES string of the molecule is COCCNS(=O)(=O)c1ccc(C(=O)N(C)Cc2ccccc2OC)cc1. The number of nitrogens with zero attached hydrogens (tertiary/aromatic N) is 1. The predicted octanol–water partition coefficient (Wildman–Crippen LogP) is 1.89. The monoisotopic (exact) mass is 392 g/mol. The molecule has 0 atom stereocenters. The highest BCUT2D eigenvalue weighted by molar-refractivity contribution is 7.89. The number of sulfonamides is 1. The van der Waals surface area contributed by atoms with Gasteiger partial charge in [-0.2, -0.15) is 0 Å². The first-order valence-corrected chi connectivity index (χ1v) is 9.83. The molecule has 0 fully saturated rings. The Morgan fingerprint density at radius 3 is 2.37 bits per heavy atom. The van der Waals surface area contributed by atoms with Crippen molar-refractivity contribution in [3.63, 3.8) is 0 Å². The van der Waals surface area contributed by atoms with Gasteiger partial charge >= 0.3 is 0 Å². The number of hydrogen-bond acceptors (Lipinski definition) is 5. The number of para-hydroxylation sites is 1. The molecular formula is C19H24N2O5S.